The van der Waals surface area contributed by atoms with Crippen LogP contribution in [0.5, 0.6) is 0 Å². The van der Waals surface area contributed by atoms with Crippen LogP contribution in [0.2, 0.25) is 0 Å². The van der Waals surface area contributed by atoms with E-state index in [-0.39, 0.29) is 39.3 Å². The third-order valence-electron chi connectivity index (χ3n) is 10.9. The first-order valence-electron chi connectivity index (χ1n) is 12.2. The topological polar surface area (TPSA) is 57.5 Å². The van der Waals surface area contributed by atoms with Gasteiger partial charge in [-0.15, -0.1) is 0 Å². The smallest absolute Gasteiger partial charge is 0.220 e. The maximum absolute atomic E-state index is 12.5. The molecule has 0 radical (unpaired) electrons. The van der Waals surface area contributed by atoms with Crippen LogP contribution in [0.4, 0.5) is 0 Å². The summed E-state index contributed by atoms with van der Waals surface area (Å²) in [5, 5.41) is 20.9. The van der Waals surface area contributed by atoms with Crippen molar-refractivity contribution in [1.29, 1.82) is 0 Å². The molecule has 3 nitrogen and oxygen atoms in total. The fourth-order valence-corrected chi connectivity index (χ4v) is 8.57. The normalized spacial score (nSPS) is 49.2. The molecule has 7 unspecified atom stereocenters. The van der Waals surface area contributed by atoms with Crippen molar-refractivity contribution < 1.29 is 15.0 Å². The van der Waals surface area contributed by atoms with E-state index in [4.69, 9.17) is 0 Å². The highest BCUT2D eigenvalue weighted by Gasteiger charge is 2.66. The fourth-order valence-electron chi connectivity index (χ4n) is 8.57. The maximum atomic E-state index is 12.5. The lowest BCUT2D eigenvalue weighted by atomic mass is 9.35. The fraction of sp³-hybridized carbons (Fsp3) is 0.679. The number of hydrogen-bond acceptors (Lipinski definition) is 3. The highest BCUT2D eigenvalue weighted by atomic mass is 16.3. The van der Waals surface area contributed by atoms with Gasteiger partial charge < -0.3 is 10.2 Å². The first-order chi connectivity index (χ1) is 14.4. The zero-order valence-corrected chi connectivity index (χ0v) is 20.0. The minimum Gasteiger partial charge on any atom is -0.504 e. The predicted molar refractivity (Wildman–Crippen MR) is 123 cm³/mol. The predicted octanol–water partition coefficient (Wildman–Crippen LogP) is 6.21. The second-order valence-electron chi connectivity index (χ2n) is 12.3. The van der Waals surface area contributed by atoms with E-state index in [2.05, 4.69) is 46.8 Å². The van der Waals surface area contributed by atoms with Crippen LogP contribution in [0, 0.1) is 33.5 Å². The Bertz CT molecular complexity index is 996. The summed E-state index contributed by atoms with van der Waals surface area (Å²) in [6, 6.07) is 0. The maximum Gasteiger partial charge on any atom is 0.220 e. The van der Waals surface area contributed by atoms with E-state index in [1.54, 1.807) is 6.08 Å². The van der Waals surface area contributed by atoms with Crippen LogP contribution in [0.25, 0.3) is 0 Å². The summed E-state index contributed by atoms with van der Waals surface area (Å²) < 4.78 is 0. The lowest BCUT2D eigenvalue weighted by Crippen LogP contribution is -2.62. The molecule has 0 aromatic heterocycles. The number of fused-ring (bicyclic) bond motifs is 7. The summed E-state index contributed by atoms with van der Waals surface area (Å²) in [4.78, 5) is 12.5. The Labute approximate surface area is 187 Å². The Balaban J connectivity index is 1.64. The second-order valence-corrected chi connectivity index (χ2v) is 12.3. The van der Waals surface area contributed by atoms with Gasteiger partial charge in [0.1, 0.15) is 0 Å². The van der Waals surface area contributed by atoms with E-state index in [9.17, 15) is 15.0 Å². The molecule has 0 saturated heterocycles. The molecule has 31 heavy (non-hydrogen) atoms. The van der Waals surface area contributed by atoms with Gasteiger partial charge in [-0.25, -0.2) is 0 Å². The molecule has 0 amide bonds. The van der Waals surface area contributed by atoms with Crippen molar-refractivity contribution >= 4 is 5.78 Å². The summed E-state index contributed by atoms with van der Waals surface area (Å²) in [5.74, 6) is 0.592. The number of carbonyl (C=O) groups excluding carboxylic acids is 1. The van der Waals surface area contributed by atoms with E-state index in [1.807, 2.05) is 6.92 Å². The van der Waals surface area contributed by atoms with Gasteiger partial charge in [0.2, 0.25) is 5.78 Å². The second kappa shape index (κ2) is 6.25. The van der Waals surface area contributed by atoms with Gasteiger partial charge in [-0.3, -0.25) is 4.79 Å². The van der Waals surface area contributed by atoms with Crippen molar-refractivity contribution in [2.24, 2.45) is 33.5 Å². The Hall–Kier alpha value is -1.61. The Kier molecular flexibility index (Phi) is 4.28. The number of aliphatic hydroxyl groups is 2. The lowest BCUT2D eigenvalue weighted by Gasteiger charge is -2.69. The minimum absolute atomic E-state index is 0.0647. The zero-order valence-electron chi connectivity index (χ0n) is 20.0. The van der Waals surface area contributed by atoms with Crippen molar-refractivity contribution in [3.05, 3.63) is 46.3 Å². The highest BCUT2D eigenvalue weighted by Crippen LogP contribution is 2.74. The lowest BCUT2D eigenvalue weighted by molar-refractivity contribution is -0.169. The van der Waals surface area contributed by atoms with Crippen molar-refractivity contribution in [1.82, 2.24) is 0 Å². The molecule has 2 N–H and O–H groups in total. The van der Waals surface area contributed by atoms with E-state index in [1.165, 1.54) is 5.57 Å². The van der Waals surface area contributed by atoms with Crippen molar-refractivity contribution in [2.75, 3.05) is 0 Å². The van der Waals surface area contributed by atoms with Crippen LogP contribution < -0.4 is 0 Å². The highest BCUT2D eigenvalue weighted by molar-refractivity contribution is 6.06. The number of carbonyl (C=O) groups is 1. The van der Waals surface area contributed by atoms with Crippen LogP contribution in [-0.2, 0) is 4.79 Å². The van der Waals surface area contributed by atoms with Crippen LogP contribution in [-0.4, -0.2) is 22.1 Å². The average Bonchev–Trinajstić information content (AvgIpc) is 2.71. The SMILES string of the molecule is CC1=C(O)C(=O)C=C2C1=CC=C1C2(C)CCC2(C)C3CC(C)C(O)CC3(C)CCC12C. The number of ketones is 1. The standard InChI is InChI=1S/C28H38O3/c1-16-13-23-25(3,15-21(16)30)9-11-27(5)22-8-7-18-17(2)24(31)20(29)14-19(18)26(22,4)10-12-28(23,27)6/h7-8,14,16,21,23,30-31H,9-13,15H2,1-6H3. The Morgan fingerprint density at radius 2 is 1.74 bits per heavy atom. The van der Waals surface area contributed by atoms with E-state index in [0.717, 1.165) is 49.7 Å². The van der Waals surface area contributed by atoms with Gasteiger partial charge in [0, 0.05) is 11.0 Å². The molecule has 0 bridgehead atoms. The minimum atomic E-state index is -0.253. The van der Waals surface area contributed by atoms with Gasteiger partial charge in [-0.2, -0.15) is 0 Å². The molecule has 5 aliphatic rings. The van der Waals surface area contributed by atoms with Gasteiger partial charge >= 0.3 is 0 Å². The largest absolute Gasteiger partial charge is 0.504 e. The number of allylic oxidation sites excluding steroid dienone is 7. The molecular formula is C28H38O3. The van der Waals surface area contributed by atoms with Crippen LogP contribution >= 0.6 is 0 Å². The molecule has 0 aliphatic heterocycles. The van der Waals surface area contributed by atoms with E-state index < -0.39 is 0 Å². The first-order valence-corrected chi connectivity index (χ1v) is 12.2. The molecule has 3 heteroatoms. The summed E-state index contributed by atoms with van der Waals surface area (Å²) in [6.45, 7) is 13.8. The molecule has 0 spiro atoms. The van der Waals surface area contributed by atoms with Gasteiger partial charge in [-0.05, 0) is 90.8 Å². The molecule has 0 aromatic rings. The number of hydrogen-bond donors (Lipinski definition) is 2. The van der Waals surface area contributed by atoms with Crippen molar-refractivity contribution in [3.8, 4) is 0 Å². The van der Waals surface area contributed by atoms with Crippen LogP contribution in [0.15, 0.2) is 46.3 Å². The van der Waals surface area contributed by atoms with Crippen LogP contribution in [0.1, 0.15) is 80.1 Å². The molecule has 5 aliphatic carbocycles. The third kappa shape index (κ3) is 2.47. The van der Waals surface area contributed by atoms with Gasteiger partial charge in [0.15, 0.2) is 5.76 Å². The first kappa shape index (κ1) is 21.2. The summed E-state index contributed by atoms with van der Waals surface area (Å²) >= 11 is 0. The van der Waals surface area contributed by atoms with Crippen LogP contribution in [0.3, 0.4) is 0 Å². The molecule has 3 saturated carbocycles. The van der Waals surface area contributed by atoms with E-state index in [0.29, 0.717) is 17.4 Å². The summed E-state index contributed by atoms with van der Waals surface area (Å²) in [6.07, 6.45) is 12.5. The molecule has 0 aromatic carbocycles. The zero-order chi connectivity index (χ0) is 22.6. The summed E-state index contributed by atoms with van der Waals surface area (Å²) in [5.41, 5.74) is 4.61. The average molecular weight is 423 g/mol. The Morgan fingerprint density at radius 3 is 2.45 bits per heavy atom. The van der Waals surface area contributed by atoms with Gasteiger partial charge in [0.25, 0.3) is 0 Å². The van der Waals surface area contributed by atoms with Gasteiger partial charge in [0.05, 0.1) is 6.10 Å². The summed E-state index contributed by atoms with van der Waals surface area (Å²) in [7, 11) is 0. The van der Waals surface area contributed by atoms with E-state index >= 15 is 0 Å². The molecule has 5 rings (SSSR count). The van der Waals surface area contributed by atoms with Gasteiger partial charge in [-0.1, -0.05) is 52.3 Å². The monoisotopic (exact) mass is 422 g/mol. The molecule has 0 heterocycles. The quantitative estimate of drug-likeness (QED) is 0.488. The molecule has 7 atom stereocenters. The molecule has 168 valence electrons. The Morgan fingerprint density at radius 1 is 1.03 bits per heavy atom. The molecular weight excluding hydrogens is 384 g/mol. The molecule has 3 fully saturated rings. The van der Waals surface area contributed by atoms with Crippen molar-refractivity contribution in [2.45, 2.75) is 86.2 Å². The number of rotatable bonds is 0. The number of aliphatic hydroxyl groups excluding tert-OH is 2. The third-order valence-corrected chi connectivity index (χ3v) is 10.9. The van der Waals surface area contributed by atoms with Crippen molar-refractivity contribution in [3.63, 3.8) is 0 Å².